The SMILES string of the molecule is CCCCCCCCCCCCCCCC(NC(=O)OCCCN1CC(=O)N(CC[n+]2ccc(N(C)C)cc2)C1=O)C(C)OC. The van der Waals surface area contributed by atoms with Crippen molar-refractivity contribution in [2.75, 3.05) is 52.3 Å². The van der Waals surface area contributed by atoms with Crippen LogP contribution < -0.4 is 14.8 Å². The van der Waals surface area contributed by atoms with Gasteiger partial charge in [0.15, 0.2) is 18.9 Å². The number of hydrogen-bond acceptors (Lipinski definition) is 6. The molecule has 1 fully saturated rings. The number of carbonyl (C=O) groups is 3. The number of urea groups is 1. The Morgan fingerprint density at radius 1 is 0.911 bits per heavy atom. The molecule has 2 rings (SSSR count). The molecular weight excluding hydrogens is 570 g/mol. The van der Waals surface area contributed by atoms with Crippen LogP contribution in [0.4, 0.5) is 15.3 Å². The van der Waals surface area contributed by atoms with E-state index in [1.54, 1.807) is 7.11 Å². The van der Waals surface area contributed by atoms with Gasteiger partial charge in [-0.05, 0) is 19.8 Å². The van der Waals surface area contributed by atoms with Crippen molar-refractivity contribution in [1.29, 1.82) is 0 Å². The third kappa shape index (κ3) is 15.3. The molecule has 1 aromatic heterocycles. The van der Waals surface area contributed by atoms with Crippen LogP contribution in [0.15, 0.2) is 24.5 Å². The van der Waals surface area contributed by atoms with Crippen molar-refractivity contribution in [3.05, 3.63) is 24.5 Å². The number of amides is 4. The number of aromatic nitrogens is 1. The van der Waals surface area contributed by atoms with Crippen LogP contribution in [0.3, 0.4) is 0 Å². The number of pyridine rings is 1. The van der Waals surface area contributed by atoms with Gasteiger partial charge in [-0.2, -0.15) is 0 Å². The zero-order valence-corrected chi connectivity index (χ0v) is 28.9. The van der Waals surface area contributed by atoms with Crippen LogP contribution in [0.25, 0.3) is 0 Å². The molecule has 0 bridgehead atoms. The molecule has 1 saturated heterocycles. The number of rotatable bonds is 25. The van der Waals surface area contributed by atoms with Gasteiger partial charge in [-0.1, -0.05) is 90.4 Å². The highest BCUT2D eigenvalue weighted by molar-refractivity contribution is 6.01. The van der Waals surface area contributed by atoms with E-state index in [9.17, 15) is 14.4 Å². The van der Waals surface area contributed by atoms with Gasteiger partial charge in [0.2, 0.25) is 0 Å². The molecule has 0 saturated carbocycles. The summed E-state index contributed by atoms with van der Waals surface area (Å²) in [6.45, 7) is 5.66. The first-order valence-corrected chi connectivity index (χ1v) is 17.5. The minimum Gasteiger partial charge on any atom is -0.449 e. The molecule has 4 amide bonds. The van der Waals surface area contributed by atoms with Crippen molar-refractivity contribution in [1.82, 2.24) is 15.1 Å². The molecule has 1 N–H and O–H groups in total. The Labute approximate surface area is 272 Å². The molecule has 2 atom stereocenters. The lowest BCUT2D eigenvalue weighted by Gasteiger charge is -2.24. The summed E-state index contributed by atoms with van der Waals surface area (Å²) in [5, 5.41) is 2.97. The van der Waals surface area contributed by atoms with Gasteiger partial charge in [-0.3, -0.25) is 9.69 Å². The summed E-state index contributed by atoms with van der Waals surface area (Å²) in [6.07, 6.45) is 21.6. The van der Waals surface area contributed by atoms with E-state index in [2.05, 4.69) is 12.2 Å². The molecule has 10 heteroatoms. The van der Waals surface area contributed by atoms with Crippen LogP contribution in [0.5, 0.6) is 0 Å². The largest absolute Gasteiger partial charge is 0.449 e. The number of anilines is 1. The molecule has 10 nitrogen and oxygen atoms in total. The molecule has 45 heavy (non-hydrogen) atoms. The van der Waals surface area contributed by atoms with E-state index in [0.717, 1.165) is 24.9 Å². The van der Waals surface area contributed by atoms with E-state index in [1.807, 2.05) is 55.0 Å². The first kappa shape index (κ1) is 38.3. The van der Waals surface area contributed by atoms with Crippen LogP contribution in [0.1, 0.15) is 110 Å². The lowest BCUT2D eigenvalue weighted by Crippen LogP contribution is -2.43. The van der Waals surface area contributed by atoms with Gasteiger partial charge in [-0.25, -0.2) is 14.2 Å². The molecule has 0 spiro atoms. The summed E-state index contributed by atoms with van der Waals surface area (Å²) in [5.41, 5.74) is 1.08. The van der Waals surface area contributed by atoms with Crippen molar-refractivity contribution >= 4 is 23.7 Å². The average molecular weight is 633 g/mol. The van der Waals surface area contributed by atoms with E-state index in [0.29, 0.717) is 26.1 Å². The topological polar surface area (TPSA) is 95.3 Å². The molecule has 1 aliphatic rings. The zero-order chi connectivity index (χ0) is 32.9. The summed E-state index contributed by atoms with van der Waals surface area (Å²) in [7, 11) is 5.62. The van der Waals surface area contributed by atoms with Crippen LogP contribution in [0.2, 0.25) is 0 Å². The Morgan fingerprint density at radius 3 is 2.04 bits per heavy atom. The van der Waals surface area contributed by atoms with Gasteiger partial charge in [0.25, 0.3) is 5.91 Å². The first-order chi connectivity index (χ1) is 21.8. The van der Waals surface area contributed by atoms with Gasteiger partial charge in [0, 0.05) is 45.6 Å². The molecule has 0 aromatic carbocycles. The fourth-order valence-electron chi connectivity index (χ4n) is 5.68. The number of unbranched alkanes of at least 4 members (excludes halogenated alkanes) is 12. The predicted octanol–water partition coefficient (Wildman–Crippen LogP) is 6.31. The van der Waals surface area contributed by atoms with Gasteiger partial charge in [-0.15, -0.1) is 0 Å². The first-order valence-electron chi connectivity index (χ1n) is 17.5. The Balaban J connectivity index is 1.58. The van der Waals surface area contributed by atoms with Crippen LogP contribution >= 0.6 is 0 Å². The van der Waals surface area contributed by atoms with Crippen molar-refractivity contribution in [2.24, 2.45) is 0 Å². The summed E-state index contributed by atoms with van der Waals surface area (Å²) in [4.78, 5) is 42.6. The number of nitrogens with one attached hydrogen (secondary N) is 1. The number of alkyl carbamates (subject to hydrolysis) is 1. The van der Waals surface area contributed by atoms with Gasteiger partial charge < -0.3 is 24.6 Å². The quantitative estimate of drug-likeness (QED) is 0.0772. The second-order valence-electron chi connectivity index (χ2n) is 12.7. The molecule has 2 unspecified atom stereocenters. The Bertz CT molecular complexity index is 974. The number of nitrogens with zero attached hydrogens (tertiary/aromatic N) is 4. The third-order valence-electron chi connectivity index (χ3n) is 8.77. The molecule has 1 aromatic rings. The number of ether oxygens (including phenoxy) is 2. The maximum atomic E-state index is 12.8. The van der Waals surface area contributed by atoms with Crippen molar-refractivity contribution in [2.45, 2.75) is 129 Å². The smallest absolute Gasteiger partial charge is 0.407 e. The Morgan fingerprint density at radius 2 is 1.49 bits per heavy atom. The maximum Gasteiger partial charge on any atom is 0.407 e. The van der Waals surface area contributed by atoms with E-state index >= 15 is 0 Å². The second kappa shape index (κ2) is 22.6. The average Bonchev–Trinajstić information content (AvgIpc) is 3.30. The van der Waals surface area contributed by atoms with Crippen molar-refractivity contribution in [3.63, 3.8) is 0 Å². The van der Waals surface area contributed by atoms with E-state index in [1.165, 1.54) is 80.4 Å². The monoisotopic (exact) mass is 632 g/mol. The second-order valence-corrected chi connectivity index (χ2v) is 12.7. The van der Waals surface area contributed by atoms with Gasteiger partial charge in [0.1, 0.15) is 6.54 Å². The van der Waals surface area contributed by atoms with Crippen molar-refractivity contribution < 1.29 is 28.4 Å². The molecule has 2 heterocycles. The number of hydrogen-bond donors (Lipinski definition) is 1. The lowest BCUT2D eigenvalue weighted by atomic mass is 10.0. The van der Waals surface area contributed by atoms with Gasteiger partial charge >= 0.3 is 12.1 Å². The minimum absolute atomic E-state index is 0.0574. The highest BCUT2D eigenvalue weighted by Crippen LogP contribution is 2.15. The predicted molar refractivity (Wildman–Crippen MR) is 179 cm³/mol. The third-order valence-corrected chi connectivity index (χ3v) is 8.77. The highest BCUT2D eigenvalue weighted by atomic mass is 16.5. The molecular formula is C35H62N5O5+. The number of imide groups is 1. The molecule has 1 aliphatic heterocycles. The van der Waals surface area contributed by atoms with E-state index < -0.39 is 6.09 Å². The van der Waals surface area contributed by atoms with Crippen LogP contribution in [-0.2, 0) is 20.8 Å². The molecule has 256 valence electrons. The standard InChI is InChI=1S/C35H61N5O5/c1-6-7-8-9-10-11-12-13-14-15-16-17-18-20-32(30(2)44-5)36-34(42)45-28-19-23-39-29-33(41)40(35(39)43)27-26-38-24-21-31(22-25-38)37(3)4/h21-22,24-25,30,32H,6-20,23,26-29H2,1-5H3/p+1. The van der Waals surface area contributed by atoms with Gasteiger partial charge in [0.05, 0.1) is 25.3 Å². The van der Waals surface area contributed by atoms with Crippen molar-refractivity contribution in [3.8, 4) is 0 Å². The summed E-state index contributed by atoms with van der Waals surface area (Å²) >= 11 is 0. The maximum absolute atomic E-state index is 12.8. The fraction of sp³-hybridized carbons (Fsp3) is 0.771. The summed E-state index contributed by atoms with van der Waals surface area (Å²) in [6, 6.07) is 3.59. The normalized spacial score (nSPS) is 14.6. The molecule has 0 aliphatic carbocycles. The Hall–Kier alpha value is -2.88. The van der Waals surface area contributed by atoms with Crippen LogP contribution in [-0.4, -0.2) is 87.4 Å². The summed E-state index contributed by atoms with van der Waals surface area (Å²) < 4.78 is 12.9. The van der Waals surface area contributed by atoms with E-state index in [-0.39, 0.29) is 37.2 Å². The molecule has 0 radical (unpaired) electrons. The number of methoxy groups -OCH3 is 1. The van der Waals surface area contributed by atoms with E-state index in [4.69, 9.17) is 9.47 Å². The zero-order valence-electron chi connectivity index (χ0n) is 28.9. The number of carbonyl (C=O) groups excluding carboxylic acids is 3. The fourth-order valence-corrected chi connectivity index (χ4v) is 5.68. The Kier molecular flexibility index (Phi) is 19.2. The summed E-state index contributed by atoms with van der Waals surface area (Å²) in [5.74, 6) is -0.200. The lowest BCUT2D eigenvalue weighted by molar-refractivity contribution is -0.695. The minimum atomic E-state index is -0.471. The van der Waals surface area contributed by atoms with Crippen LogP contribution in [0, 0.1) is 0 Å². The highest BCUT2D eigenvalue weighted by Gasteiger charge is 2.36.